The Kier molecular flexibility index (Phi) is 3.72. The van der Waals surface area contributed by atoms with E-state index < -0.39 is 6.03 Å². The number of nitrogens with one attached hydrogen (secondary N) is 1. The van der Waals surface area contributed by atoms with Gasteiger partial charge >= 0.3 is 6.03 Å². The van der Waals surface area contributed by atoms with E-state index in [-0.39, 0.29) is 0 Å². The second-order valence-corrected chi connectivity index (χ2v) is 3.90. The first-order chi connectivity index (χ1) is 7.00. The van der Waals surface area contributed by atoms with E-state index in [2.05, 4.69) is 38.2 Å². The van der Waals surface area contributed by atoms with Gasteiger partial charge in [0.1, 0.15) is 0 Å². The molecule has 3 heteroatoms. The Balaban J connectivity index is 2.69. The van der Waals surface area contributed by atoms with Crippen LogP contribution in [0.1, 0.15) is 22.3 Å². The Morgan fingerprint density at radius 1 is 1.20 bits per heavy atom. The van der Waals surface area contributed by atoms with Crippen LogP contribution in [0.2, 0.25) is 0 Å². The zero-order valence-electron chi connectivity index (χ0n) is 9.55. The van der Waals surface area contributed by atoms with Gasteiger partial charge in [-0.1, -0.05) is 12.1 Å². The quantitative estimate of drug-likeness (QED) is 0.778. The number of hydrogen-bond donors (Lipinski definition) is 2. The van der Waals surface area contributed by atoms with Gasteiger partial charge < -0.3 is 11.1 Å². The first-order valence-electron chi connectivity index (χ1n) is 5.10. The molecular weight excluding hydrogens is 188 g/mol. The highest BCUT2D eigenvalue weighted by Gasteiger charge is 2.02. The van der Waals surface area contributed by atoms with Crippen LogP contribution in [0.3, 0.4) is 0 Å². The number of primary amides is 1. The molecule has 3 nitrogen and oxygen atoms in total. The van der Waals surface area contributed by atoms with E-state index in [1.54, 1.807) is 0 Å². The number of carbonyl (C=O) groups excluding carboxylic acids is 1. The first kappa shape index (κ1) is 11.6. The topological polar surface area (TPSA) is 55.1 Å². The van der Waals surface area contributed by atoms with Crippen molar-refractivity contribution in [2.75, 3.05) is 6.54 Å². The lowest BCUT2D eigenvalue weighted by Gasteiger charge is -2.09. The molecule has 0 heterocycles. The maximum Gasteiger partial charge on any atom is 0.312 e. The predicted octanol–water partition coefficient (Wildman–Crippen LogP) is 1.82. The van der Waals surface area contributed by atoms with Crippen molar-refractivity contribution < 1.29 is 4.79 Å². The van der Waals surface area contributed by atoms with Crippen molar-refractivity contribution in [3.8, 4) is 0 Å². The second-order valence-electron chi connectivity index (χ2n) is 3.90. The Bertz CT molecular complexity index is 372. The van der Waals surface area contributed by atoms with Crippen molar-refractivity contribution >= 4 is 6.03 Å². The predicted molar refractivity (Wildman–Crippen MR) is 61.9 cm³/mol. The number of rotatable bonds is 3. The molecule has 1 aromatic rings. The van der Waals surface area contributed by atoms with Crippen molar-refractivity contribution in [3.05, 3.63) is 34.4 Å². The third-order valence-corrected chi connectivity index (χ3v) is 2.65. The Morgan fingerprint density at radius 2 is 1.80 bits per heavy atom. The summed E-state index contributed by atoms with van der Waals surface area (Å²) in [6, 6.07) is 3.89. The number of nitrogens with two attached hydrogens (primary N) is 1. The minimum Gasteiger partial charge on any atom is -0.352 e. The van der Waals surface area contributed by atoms with Crippen molar-refractivity contribution in [1.82, 2.24) is 5.32 Å². The highest BCUT2D eigenvalue weighted by molar-refractivity contribution is 5.71. The lowest BCUT2D eigenvalue weighted by Crippen LogP contribution is -2.31. The van der Waals surface area contributed by atoms with Gasteiger partial charge in [-0.05, 0) is 49.4 Å². The van der Waals surface area contributed by atoms with E-state index in [1.807, 2.05) is 0 Å². The average molecular weight is 206 g/mol. The largest absolute Gasteiger partial charge is 0.352 e. The van der Waals surface area contributed by atoms with Crippen molar-refractivity contribution in [3.63, 3.8) is 0 Å². The lowest BCUT2D eigenvalue weighted by atomic mass is 9.99. The highest BCUT2D eigenvalue weighted by Crippen LogP contribution is 2.15. The van der Waals surface area contributed by atoms with Gasteiger partial charge in [0.05, 0.1) is 0 Å². The summed E-state index contributed by atoms with van der Waals surface area (Å²) in [7, 11) is 0. The molecule has 0 radical (unpaired) electrons. The Labute approximate surface area is 90.7 Å². The average Bonchev–Trinajstić information content (AvgIpc) is 2.13. The standard InChI is InChI=1S/C12H18N2O/c1-8-6-10(3)11(7-9(8)2)4-5-14-12(13)15/h6-7H,4-5H2,1-3H3,(H3,13,14,15). The van der Waals surface area contributed by atoms with E-state index in [0.29, 0.717) is 6.54 Å². The van der Waals surface area contributed by atoms with E-state index in [0.717, 1.165) is 6.42 Å². The molecule has 0 aliphatic heterocycles. The van der Waals surface area contributed by atoms with Gasteiger partial charge in [0.25, 0.3) is 0 Å². The van der Waals surface area contributed by atoms with Gasteiger partial charge in [-0.25, -0.2) is 4.79 Å². The first-order valence-corrected chi connectivity index (χ1v) is 5.10. The lowest BCUT2D eigenvalue weighted by molar-refractivity contribution is 0.249. The molecule has 0 saturated heterocycles. The summed E-state index contributed by atoms with van der Waals surface area (Å²) in [6.45, 7) is 6.89. The third-order valence-electron chi connectivity index (χ3n) is 2.65. The Hall–Kier alpha value is -1.51. The molecule has 0 bridgehead atoms. The molecule has 2 amide bonds. The van der Waals surface area contributed by atoms with Crippen LogP contribution in [0.25, 0.3) is 0 Å². The summed E-state index contributed by atoms with van der Waals surface area (Å²) >= 11 is 0. The van der Waals surface area contributed by atoms with Crippen LogP contribution in [0.5, 0.6) is 0 Å². The van der Waals surface area contributed by atoms with E-state index >= 15 is 0 Å². The fourth-order valence-electron chi connectivity index (χ4n) is 1.61. The fourth-order valence-corrected chi connectivity index (χ4v) is 1.61. The summed E-state index contributed by atoms with van der Waals surface area (Å²) in [6.07, 6.45) is 0.829. The van der Waals surface area contributed by atoms with E-state index in [9.17, 15) is 4.79 Å². The van der Waals surface area contributed by atoms with Gasteiger partial charge in [0.15, 0.2) is 0 Å². The van der Waals surface area contributed by atoms with Crippen LogP contribution in [0.15, 0.2) is 12.1 Å². The molecule has 3 N–H and O–H groups in total. The molecular formula is C12H18N2O. The van der Waals surface area contributed by atoms with Crippen LogP contribution in [-0.4, -0.2) is 12.6 Å². The van der Waals surface area contributed by atoms with Gasteiger partial charge in [-0.3, -0.25) is 0 Å². The maximum atomic E-state index is 10.5. The minimum atomic E-state index is -0.462. The van der Waals surface area contributed by atoms with Gasteiger partial charge in [-0.2, -0.15) is 0 Å². The minimum absolute atomic E-state index is 0.462. The highest BCUT2D eigenvalue weighted by atomic mass is 16.2. The summed E-state index contributed by atoms with van der Waals surface area (Å²) in [4.78, 5) is 10.5. The number of urea groups is 1. The van der Waals surface area contributed by atoms with Gasteiger partial charge in [0, 0.05) is 6.54 Å². The molecule has 82 valence electrons. The van der Waals surface area contributed by atoms with Gasteiger partial charge in [-0.15, -0.1) is 0 Å². The van der Waals surface area contributed by atoms with E-state index in [1.165, 1.54) is 22.3 Å². The molecule has 0 saturated carbocycles. The molecule has 0 aliphatic carbocycles. The second kappa shape index (κ2) is 4.82. The number of aryl methyl sites for hydroxylation is 3. The normalized spacial score (nSPS) is 10.1. The summed E-state index contributed by atoms with van der Waals surface area (Å²) in [5.74, 6) is 0. The summed E-state index contributed by atoms with van der Waals surface area (Å²) < 4.78 is 0. The molecule has 0 unspecified atom stereocenters. The maximum absolute atomic E-state index is 10.5. The van der Waals surface area contributed by atoms with Crippen molar-refractivity contribution in [2.24, 2.45) is 5.73 Å². The Morgan fingerprint density at radius 3 is 2.40 bits per heavy atom. The van der Waals surface area contributed by atoms with Crippen molar-refractivity contribution in [2.45, 2.75) is 27.2 Å². The van der Waals surface area contributed by atoms with Crippen LogP contribution in [0, 0.1) is 20.8 Å². The molecule has 0 fully saturated rings. The molecule has 0 aliphatic rings. The number of amides is 2. The molecule has 1 rings (SSSR count). The number of benzene rings is 1. The number of carbonyl (C=O) groups is 1. The van der Waals surface area contributed by atoms with Crippen LogP contribution in [0.4, 0.5) is 4.79 Å². The summed E-state index contributed by atoms with van der Waals surface area (Å²) in [5.41, 5.74) is 10.1. The smallest absolute Gasteiger partial charge is 0.312 e. The van der Waals surface area contributed by atoms with E-state index in [4.69, 9.17) is 5.73 Å². The SMILES string of the molecule is Cc1cc(C)c(CCNC(N)=O)cc1C. The van der Waals surface area contributed by atoms with Crippen LogP contribution >= 0.6 is 0 Å². The van der Waals surface area contributed by atoms with Crippen molar-refractivity contribution in [1.29, 1.82) is 0 Å². The van der Waals surface area contributed by atoms with Crippen LogP contribution < -0.4 is 11.1 Å². The summed E-state index contributed by atoms with van der Waals surface area (Å²) in [5, 5.41) is 2.59. The van der Waals surface area contributed by atoms with Crippen LogP contribution in [-0.2, 0) is 6.42 Å². The zero-order valence-corrected chi connectivity index (χ0v) is 9.55. The fraction of sp³-hybridized carbons (Fsp3) is 0.417. The molecule has 0 spiro atoms. The monoisotopic (exact) mass is 206 g/mol. The molecule has 1 aromatic carbocycles. The molecule has 15 heavy (non-hydrogen) atoms. The number of hydrogen-bond acceptors (Lipinski definition) is 1. The molecule has 0 aromatic heterocycles. The molecule has 0 atom stereocenters. The zero-order chi connectivity index (χ0) is 11.4. The third kappa shape index (κ3) is 3.27. The van der Waals surface area contributed by atoms with Gasteiger partial charge in [0.2, 0.25) is 0 Å².